The lowest BCUT2D eigenvalue weighted by molar-refractivity contribution is 0.259. The number of nitrogens with one attached hydrogen (secondary N) is 1. The van der Waals surface area contributed by atoms with Gasteiger partial charge in [-0.05, 0) is 54.8 Å². The van der Waals surface area contributed by atoms with Gasteiger partial charge in [-0.1, -0.05) is 63.9 Å². The zero-order valence-corrected chi connectivity index (χ0v) is 19.6. The van der Waals surface area contributed by atoms with Crippen LogP contribution < -0.4 is 9.82 Å². The van der Waals surface area contributed by atoms with E-state index in [0.29, 0.717) is 27.5 Å². The summed E-state index contributed by atoms with van der Waals surface area (Å²) < 4.78 is 19.7. The van der Waals surface area contributed by atoms with Crippen LogP contribution in [0.4, 0.5) is 0 Å². The van der Waals surface area contributed by atoms with Crippen LogP contribution in [-0.4, -0.2) is 10.3 Å². The van der Waals surface area contributed by atoms with E-state index in [-0.39, 0.29) is 16.4 Å². The summed E-state index contributed by atoms with van der Waals surface area (Å²) in [5.41, 5.74) is 0.909. The van der Waals surface area contributed by atoms with Gasteiger partial charge < -0.3 is 9.30 Å². The molecule has 3 nitrogen and oxygen atoms in total. The second kappa shape index (κ2) is 7.36. The summed E-state index contributed by atoms with van der Waals surface area (Å²) in [6, 6.07) is 12.6. The zero-order valence-electron chi connectivity index (χ0n) is 17.2. The predicted octanol–water partition coefficient (Wildman–Crippen LogP) is 7.92. The van der Waals surface area contributed by atoms with Gasteiger partial charge in [0.25, 0.3) is 0 Å². The molecule has 0 radical (unpaired) electrons. The Morgan fingerprint density at radius 1 is 1.00 bits per heavy atom. The molecular weight excluding hydrogens is 412 g/mol. The fraction of sp³-hybridized carbons (Fsp3) is 0.455. The molecule has 2 aromatic rings. The van der Waals surface area contributed by atoms with Crippen molar-refractivity contribution in [3.05, 3.63) is 58.1 Å². The molecule has 0 amide bonds. The molecule has 1 unspecified atom stereocenters. The van der Waals surface area contributed by atoms with Crippen LogP contribution in [0.25, 0.3) is 0 Å². The highest BCUT2D eigenvalue weighted by Gasteiger charge is 2.68. The monoisotopic (exact) mass is 439 g/mol. The highest BCUT2D eigenvalue weighted by molar-refractivity contribution is 7.66. The first-order valence-corrected chi connectivity index (χ1v) is 12.0. The maximum Gasteiger partial charge on any atom is 0.159 e. The van der Waals surface area contributed by atoms with Crippen LogP contribution in [0.3, 0.4) is 0 Å². The first-order valence-electron chi connectivity index (χ1n) is 9.51. The van der Waals surface area contributed by atoms with Gasteiger partial charge in [0.05, 0.1) is 0 Å². The van der Waals surface area contributed by atoms with Crippen molar-refractivity contribution in [3.63, 3.8) is 0 Å². The molecule has 1 fully saturated rings. The largest absolute Gasteiger partial charge is 0.457 e. The summed E-state index contributed by atoms with van der Waals surface area (Å²) in [6.45, 7) is 12.6. The van der Waals surface area contributed by atoms with Crippen molar-refractivity contribution in [2.45, 2.75) is 57.9 Å². The number of ether oxygens (including phenoxy) is 1. The van der Waals surface area contributed by atoms with Crippen LogP contribution in [0, 0.1) is 5.92 Å². The van der Waals surface area contributed by atoms with E-state index in [1.807, 2.05) is 31.2 Å². The summed E-state index contributed by atoms with van der Waals surface area (Å²) in [6.07, 6.45) is 0. The molecule has 1 heterocycles. The molecule has 1 aliphatic heterocycles. The SMILES string of the molecule is CC(NP1(=O)C(C)(C)C(C)C1(C)C)c1ccc(Oc2ccc(Cl)cc2)cc1Cl. The third-order valence-corrected chi connectivity index (χ3v) is 12.0. The molecule has 1 aliphatic rings. The van der Waals surface area contributed by atoms with Crippen molar-refractivity contribution in [1.82, 2.24) is 5.09 Å². The fourth-order valence-corrected chi connectivity index (χ4v) is 9.15. The van der Waals surface area contributed by atoms with E-state index in [0.717, 1.165) is 5.56 Å². The first-order chi connectivity index (χ1) is 12.9. The molecule has 152 valence electrons. The minimum atomic E-state index is -2.62. The Morgan fingerprint density at radius 3 is 2.07 bits per heavy atom. The minimum absolute atomic E-state index is 0.131. The van der Waals surface area contributed by atoms with E-state index in [4.69, 9.17) is 27.9 Å². The standard InChI is InChI=1S/C22H28Cl2NO2P/c1-14(25-28(26)21(3,4)15(2)22(28,5)6)19-12-11-18(13-20(19)24)27-17-9-7-16(23)8-10-17/h7-15H,1-6H3,(H,25,26). The molecule has 3 rings (SSSR count). The van der Waals surface area contributed by atoms with Crippen LogP contribution in [0.1, 0.15) is 53.1 Å². The van der Waals surface area contributed by atoms with Crippen LogP contribution in [0.15, 0.2) is 42.5 Å². The highest BCUT2D eigenvalue weighted by Crippen LogP contribution is 2.80. The Balaban J connectivity index is 1.79. The summed E-state index contributed by atoms with van der Waals surface area (Å²) in [4.78, 5) is 0. The van der Waals surface area contributed by atoms with Gasteiger partial charge in [-0.3, -0.25) is 5.09 Å². The molecule has 28 heavy (non-hydrogen) atoms. The van der Waals surface area contributed by atoms with Crippen molar-refractivity contribution in [3.8, 4) is 11.5 Å². The van der Waals surface area contributed by atoms with Crippen molar-refractivity contribution in [2.24, 2.45) is 5.92 Å². The maximum absolute atomic E-state index is 13.8. The second-order valence-corrected chi connectivity index (χ2v) is 13.4. The van der Waals surface area contributed by atoms with Crippen molar-refractivity contribution < 1.29 is 9.30 Å². The Morgan fingerprint density at radius 2 is 1.54 bits per heavy atom. The Kier molecular flexibility index (Phi) is 5.71. The molecule has 0 spiro atoms. The molecule has 2 aromatic carbocycles. The third kappa shape index (κ3) is 3.41. The topological polar surface area (TPSA) is 38.3 Å². The van der Waals surface area contributed by atoms with Gasteiger partial charge in [-0.2, -0.15) is 0 Å². The highest BCUT2D eigenvalue weighted by atomic mass is 35.5. The van der Waals surface area contributed by atoms with Gasteiger partial charge in [0.1, 0.15) is 11.5 Å². The smallest absolute Gasteiger partial charge is 0.159 e. The van der Waals surface area contributed by atoms with Crippen LogP contribution in [0.2, 0.25) is 10.0 Å². The summed E-state index contributed by atoms with van der Waals surface area (Å²) >= 11 is 12.5. The van der Waals surface area contributed by atoms with Gasteiger partial charge >= 0.3 is 0 Å². The fourth-order valence-electron chi connectivity index (χ4n) is 4.32. The number of hydrogen-bond acceptors (Lipinski definition) is 2. The Bertz CT molecular complexity index is 905. The lowest BCUT2D eigenvalue weighted by atomic mass is 9.83. The number of halogens is 2. The predicted molar refractivity (Wildman–Crippen MR) is 119 cm³/mol. The maximum atomic E-state index is 13.8. The number of rotatable bonds is 5. The summed E-state index contributed by atoms with van der Waals surface area (Å²) in [5, 5.41) is 4.21. The van der Waals surface area contributed by atoms with E-state index in [1.54, 1.807) is 18.2 Å². The van der Waals surface area contributed by atoms with Gasteiger partial charge in [0.15, 0.2) is 7.29 Å². The van der Waals surface area contributed by atoms with Crippen molar-refractivity contribution in [2.75, 3.05) is 0 Å². The lowest BCUT2D eigenvalue weighted by Crippen LogP contribution is -2.61. The van der Waals surface area contributed by atoms with Crippen LogP contribution in [-0.2, 0) is 4.57 Å². The quantitative estimate of drug-likeness (QED) is 0.480. The average Bonchev–Trinajstić information content (AvgIpc) is 2.62. The van der Waals surface area contributed by atoms with Crippen LogP contribution >= 0.6 is 30.5 Å². The molecule has 1 atom stereocenters. The molecule has 1 N–H and O–H groups in total. The van der Waals surface area contributed by atoms with E-state index >= 15 is 0 Å². The average molecular weight is 440 g/mol. The summed E-state index contributed by atoms with van der Waals surface area (Å²) in [7, 11) is -2.62. The van der Waals surface area contributed by atoms with Crippen molar-refractivity contribution in [1.29, 1.82) is 0 Å². The van der Waals surface area contributed by atoms with Gasteiger partial charge in [-0.25, -0.2) is 0 Å². The van der Waals surface area contributed by atoms with E-state index in [1.165, 1.54) is 0 Å². The molecule has 1 saturated heterocycles. The Labute approximate surface area is 178 Å². The molecule has 0 aromatic heterocycles. The molecular formula is C22H28Cl2NO2P. The number of hydrogen-bond donors (Lipinski definition) is 1. The third-order valence-electron chi connectivity index (χ3n) is 6.61. The Hall–Kier alpha value is -0.990. The van der Waals surface area contributed by atoms with Gasteiger partial charge in [0.2, 0.25) is 0 Å². The van der Waals surface area contributed by atoms with E-state index in [9.17, 15) is 4.57 Å². The molecule has 0 saturated carbocycles. The lowest BCUT2D eigenvalue weighted by Gasteiger charge is -2.63. The van der Waals surface area contributed by atoms with Gasteiger partial charge in [0, 0.05) is 26.4 Å². The normalized spacial score (nSPS) is 26.4. The number of benzene rings is 2. The van der Waals surface area contributed by atoms with E-state index in [2.05, 4.69) is 39.7 Å². The van der Waals surface area contributed by atoms with Crippen molar-refractivity contribution >= 4 is 30.5 Å². The minimum Gasteiger partial charge on any atom is -0.457 e. The molecule has 6 heteroatoms. The molecule has 0 aliphatic carbocycles. The molecule has 0 bridgehead atoms. The zero-order chi connectivity index (χ0) is 20.9. The van der Waals surface area contributed by atoms with Crippen LogP contribution in [0.5, 0.6) is 11.5 Å². The van der Waals surface area contributed by atoms with Gasteiger partial charge in [-0.15, -0.1) is 0 Å². The van der Waals surface area contributed by atoms with E-state index < -0.39 is 7.29 Å². The first kappa shape index (κ1) is 21.7. The second-order valence-electron chi connectivity index (χ2n) is 8.73. The summed E-state index contributed by atoms with van der Waals surface area (Å²) in [5.74, 6) is 1.71.